The summed E-state index contributed by atoms with van der Waals surface area (Å²) in [4.78, 5) is 34.9. The molecule has 3 aliphatic rings. The topological polar surface area (TPSA) is 81.7 Å². The van der Waals surface area contributed by atoms with Gasteiger partial charge in [0.25, 0.3) is 11.1 Å². The van der Waals surface area contributed by atoms with E-state index in [9.17, 15) is 14.4 Å². The number of rotatable bonds is 5. The fourth-order valence-corrected chi connectivity index (χ4v) is 3.29. The van der Waals surface area contributed by atoms with Gasteiger partial charge in [-0.1, -0.05) is 12.2 Å². The van der Waals surface area contributed by atoms with Gasteiger partial charge in [0, 0.05) is 12.3 Å². The van der Waals surface area contributed by atoms with Crippen LogP contribution in [0, 0.1) is 5.92 Å². The molecule has 1 fully saturated rings. The maximum absolute atomic E-state index is 11.7. The van der Waals surface area contributed by atoms with Gasteiger partial charge in [0.15, 0.2) is 0 Å². The van der Waals surface area contributed by atoms with E-state index in [0.29, 0.717) is 23.7 Å². The number of esters is 1. The zero-order chi connectivity index (χ0) is 17.8. The summed E-state index contributed by atoms with van der Waals surface area (Å²) in [6, 6.07) is 0. The second-order valence-corrected chi connectivity index (χ2v) is 6.58. The van der Waals surface area contributed by atoms with E-state index in [-0.39, 0.29) is 29.5 Å². The lowest BCUT2D eigenvalue weighted by Gasteiger charge is -2.18. The molecule has 1 unspecified atom stereocenters. The third-order valence-electron chi connectivity index (χ3n) is 3.79. The Labute approximate surface area is 149 Å². The normalized spacial score (nSPS) is 23.3. The molecule has 0 radical (unpaired) electrons. The first-order chi connectivity index (χ1) is 12.0. The summed E-state index contributed by atoms with van der Waals surface area (Å²) in [6.45, 7) is 2.14. The summed E-state index contributed by atoms with van der Waals surface area (Å²) in [5.41, 5.74) is 1.76. The van der Waals surface area contributed by atoms with Gasteiger partial charge in [-0.2, -0.15) is 0 Å². The summed E-state index contributed by atoms with van der Waals surface area (Å²) in [5, 5.41) is 1.87. The molecule has 3 rings (SSSR count). The van der Waals surface area contributed by atoms with Gasteiger partial charge in [-0.3, -0.25) is 19.7 Å². The third-order valence-corrected chi connectivity index (χ3v) is 4.60. The Morgan fingerprint density at radius 3 is 2.92 bits per heavy atom. The average molecular weight is 359 g/mol. The van der Waals surface area contributed by atoms with Gasteiger partial charge in [-0.05, 0) is 54.5 Å². The molecule has 0 aromatic carbocycles. The summed E-state index contributed by atoms with van der Waals surface area (Å²) >= 11 is 0.883. The Hall–Kier alpha value is -2.54. The van der Waals surface area contributed by atoms with Crippen molar-refractivity contribution in [2.45, 2.75) is 19.8 Å². The van der Waals surface area contributed by atoms with Crippen LogP contribution >= 0.6 is 11.8 Å². The standard InChI is InChI=1S/C18H17NO5S/c1-2-23-16(20)6-4-12-10-24-14-5-3-11(7-13(12)9-14)8-15-17(21)19-18(22)25-15/h3,5,7-10,13H,2,4,6H2,1H3,(H,19,21,22)/b15-8-. The van der Waals surface area contributed by atoms with E-state index in [1.165, 1.54) is 0 Å². The number of allylic oxidation sites excluding steroid dienone is 7. The molecule has 2 heterocycles. The zero-order valence-electron chi connectivity index (χ0n) is 13.6. The van der Waals surface area contributed by atoms with Gasteiger partial charge in [-0.15, -0.1) is 0 Å². The highest BCUT2D eigenvalue weighted by molar-refractivity contribution is 8.18. The van der Waals surface area contributed by atoms with Crippen LogP contribution in [0.1, 0.15) is 19.8 Å². The van der Waals surface area contributed by atoms with Crippen LogP contribution in [0.2, 0.25) is 0 Å². The van der Waals surface area contributed by atoms with Crippen LogP contribution in [0.4, 0.5) is 4.79 Å². The molecule has 0 saturated carbocycles. The fraction of sp³-hybridized carbons (Fsp3) is 0.278. The van der Waals surface area contributed by atoms with Crippen LogP contribution in [0.5, 0.6) is 0 Å². The Morgan fingerprint density at radius 1 is 1.36 bits per heavy atom. The van der Waals surface area contributed by atoms with Crippen molar-refractivity contribution in [3.05, 3.63) is 58.5 Å². The molecule has 2 amide bonds. The molecule has 130 valence electrons. The maximum atomic E-state index is 11.7. The first-order valence-electron chi connectivity index (χ1n) is 7.93. The van der Waals surface area contributed by atoms with E-state index in [1.54, 1.807) is 25.3 Å². The Kier molecular flexibility index (Phi) is 5.23. The van der Waals surface area contributed by atoms with Crippen molar-refractivity contribution in [2.24, 2.45) is 5.92 Å². The quantitative estimate of drug-likeness (QED) is 0.600. The monoisotopic (exact) mass is 359 g/mol. The predicted molar refractivity (Wildman–Crippen MR) is 93.0 cm³/mol. The van der Waals surface area contributed by atoms with Crippen molar-refractivity contribution in [2.75, 3.05) is 6.61 Å². The predicted octanol–water partition coefficient (Wildman–Crippen LogP) is 3.11. The van der Waals surface area contributed by atoms with Gasteiger partial charge in [0.1, 0.15) is 5.76 Å². The molecule has 2 aliphatic heterocycles. The first kappa shape index (κ1) is 17.3. The number of hydrogen-bond donors (Lipinski definition) is 1. The summed E-state index contributed by atoms with van der Waals surface area (Å²) in [7, 11) is 0. The molecule has 1 aliphatic carbocycles. The summed E-state index contributed by atoms with van der Waals surface area (Å²) in [5.74, 6) is 0.0376. The number of nitrogens with one attached hydrogen (secondary N) is 1. The van der Waals surface area contributed by atoms with Crippen LogP contribution < -0.4 is 5.32 Å². The minimum atomic E-state index is -0.387. The second-order valence-electron chi connectivity index (χ2n) is 5.56. The molecular formula is C18H17NO5S. The van der Waals surface area contributed by atoms with Gasteiger partial charge in [0.05, 0.1) is 17.8 Å². The maximum Gasteiger partial charge on any atom is 0.306 e. The Morgan fingerprint density at radius 2 is 2.20 bits per heavy atom. The Balaban J connectivity index is 1.75. The minimum absolute atomic E-state index is 0.0369. The number of carbonyl (C=O) groups excluding carboxylic acids is 3. The molecule has 25 heavy (non-hydrogen) atoms. The van der Waals surface area contributed by atoms with Crippen molar-refractivity contribution in [1.29, 1.82) is 0 Å². The van der Waals surface area contributed by atoms with Crippen molar-refractivity contribution in [1.82, 2.24) is 5.32 Å². The van der Waals surface area contributed by atoms with Crippen LogP contribution in [0.3, 0.4) is 0 Å². The smallest absolute Gasteiger partial charge is 0.306 e. The van der Waals surface area contributed by atoms with Crippen molar-refractivity contribution >= 4 is 28.9 Å². The molecule has 0 spiro atoms. The number of hydrogen-bond acceptors (Lipinski definition) is 6. The van der Waals surface area contributed by atoms with E-state index >= 15 is 0 Å². The van der Waals surface area contributed by atoms with Crippen molar-refractivity contribution in [3.8, 4) is 0 Å². The highest BCUT2D eigenvalue weighted by atomic mass is 32.2. The fourth-order valence-electron chi connectivity index (χ4n) is 2.61. The summed E-state index contributed by atoms with van der Waals surface area (Å²) < 4.78 is 10.5. The lowest BCUT2D eigenvalue weighted by molar-refractivity contribution is -0.143. The number of imide groups is 1. The van der Waals surface area contributed by atoms with Gasteiger partial charge >= 0.3 is 5.97 Å². The van der Waals surface area contributed by atoms with Crippen LogP contribution in [-0.4, -0.2) is 23.7 Å². The molecule has 1 N–H and O–H groups in total. The Bertz CT molecular complexity index is 772. The number of ether oxygens (including phenoxy) is 2. The highest BCUT2D eigenvalue weighted by Gasteiger charge is 2.26. The van der Waals surface area contributed by atoms with Crippen molar-refractivity contribution in [3.63, 3.8) is 0 Å². The van der Waals surface area contributed by atoms with E-state index in [0.717, 1.165) is 22.9 Å². The lowest BCUT2D eigenvalue weighted by atomic mass is 9.93. The first-order valence-corrected chi connectivity index (χ1v) is 8.74. The number of fused-ring (bicyclic) bond motifs is 1. The third kappa shape index (κ3) is 4.30. The van der Waals surface area contributed by atoms with E-state index in [4.69, 9.17) is 9.47 Å². The van der Waals surface area contributed by atoms with Crippen molar-refractivity contribution < 1.29 is 23.9 Å². The zero-order valence-corrected chi connectivity index (χ0v) is 14.4. The summed E-state index contributed by atoms with van der Waals surface area (Å²) in [6.07, 6.45) is 11.7. The highest BCUT2D eigenvalue weighted by Crippen LogP contribution is 2.32. The number of amides is 2. The SMILES string of the molecule is CCOC(=O)CCC1=COC2=CC1C=C(/C=C1\SC(=O)NC1=O)C=C2. The van der Waals surface area contributed by atoms with Crippen LogP contribution in [0.25, 0.3) is 0 Å². The van der Waals surface area contributed by atoms with E-state index in [2.05, 4.69) is 5.32 Å². The molecular weight excluding hydrogens is 342 g/mol. The average Bonchev–Trinajstić information content (AvgIpc) is 2.79. The largest absolute Gasteiger partial charge is 0.466 e. The molecule has 1 saturated heterocycles. The number of thioether (sulfide) groups is 1. The van der Waals surface area contributed by atoms with Gasteiger partial charge in [-0.25, -0.2) is 0 Å². The van der Waals surface area contributed by atoms with E-state index in [1.807, 2.05) is 18.2 Å². The van der Waals surface area contributed by atoms with E-state index < -0.39 is 0 Å². The van der Waals surface area contributed by atoms with Gasteiger partial charge < -0.3 is 9.47 Å². The van der Waals surface area contributed by atoms with Gasteiger partial charge in [0.2, 0.25) is 0 Å². The minimum Gasteiger partial charge on any atom is -0.466 e. The van der Waals surface area contributed by atoms with Crippen LogP contribution in [0.15, 0.2) is 58.5 Å². The molecule has 0 aromatic rings. The molecule has 0 aromatic heterocycles. The molecule has 7 heteroatoms. The van der Waals surface area contributed by atoms with Crippen LogP contribution in [-0.2, 0) is 19.1 Å². The lowest BCUT2D eigenvalue weighted by Crippen LogP contribution is -2.17. The molecule has 1 atom stereocenters. The molecule has 2 bridgehead atoms. The second kappa shape index (κ2) is 7.57. The number of carbonyl (C=O) groups is 3. The molecule has 6 nitrogen and oxygen atoms in total.